The van der Waals surface area contributed by atoms with Crippen molar-refractivity contribution in [3.8, 4) is 0 Å². The van der Waals surface area contributed by atoms with Crippen LogP contribution in [0.25, 0.3) is 0 Å². The van der Waals surface area contributed by atoms with Crippen LogP contribution >= 0.6 is 0 Å². The summed E-state index contributed by atoms with van der Waals surface area (Å²) in [6.45, 7) is 10.3. The predicted octanol–water partition coefficient (Wildman–Crippen LogP) is 2.07. The molecule has 3 N–H and O–H groups in total. The van der Waals surface area contributed by atoms with Gasteiger partial charge in [-0.25, -0.2) is 0 Å². The smallest absolute Gasteiger partial charge is 0.0198 e. The van der Waals surface area contributed by atoms with Crippen molar-refractivity contribution in [3.05, 3.63) is 0 Å². The van der Waals surface area contributed by atoms with Gasteiger partial charge in [-0.1, -0.05) is 26.7 Å². The molecule has 2 rings (SSSR count). The van der Waals surface area contributed by atoms with Crippen molar-refractivity contribution in [1.82, 2.24) is 10.2 Å². The number of nitrogens with two attached hydrogens (primary N) is 1. The molecule has 2 atom stereocenters. The van der Waals surface area contributed by atoms with E-state index in [-0.39, 0.29) is 0 Å². The summed E-state index contributed by atoms with van der Waals surface area (Å²) in [4.78, 5) is 2.57. The monoisotopic (exact) mass is 267 g/mol. The molecule has 19 heavy (non-hydrogen) atoms. The van der Waals surface area contributed by atoms with Gasteiger partial charge in [0.15, 0.2) is 0 Å². The highest BCUT2D eigenvalue weighted by Gasteiger charge is 2.29. The molecule has 1 aliphatic heterocycles. The number of nitrogens with zero attached hydrogens (tertiary/aromatic N) is 1. The first-order valence-corrected chi connectivity index (χ1v) is 8.34. The van der Waals surface area contributed by atoms with Gasteiger partial charge in [0.1, 0.15) is 0 Å². The molecule has 0 aromatic carbocycles. The average molecular weight is 267 g/mol. The summed E-state index contributed by atoms with van der Waals surface area (Å²) in [6, 6.07) is 0.688. The number of hydrogen-bond donors (Lipinski definition) is 2. The largest absolute Gasteiger partial charge is 0.329 e. The van der Waals surface area contributed by atoms with Crippen molar-refractivity contribution >= 4 is 0 Å². The van der Waals surface area contributed by atoms with Gasteiger partial charge in [-0.05, 0) is 43.6 Å². The lowest BCUT2D eigenvalue weighted by molar-refractivity contribution is 0.117. The Morgan fingerprint density at radius 1 is 1.21 bits per heavy atom. The highest BCUT2D eigenvalue weighted by Crippen LogP contribution is 2.26. The molecule has 0 spiro atoms. The van der Waals surface area contributed by atoms with Gasteiger partial charge < -0.3 is 16.0 Å². The molecule has 2 aliphatic rings. The van der Waals surface area contributed by atoms with E-state index in [1.807, 2.05) is 0 Å². The molecule has 0 bridgehead atoms. The van der Waals surface area contributed by atoms with Crippen LogP contribution in [0.4, 0.5) is 0 Å². The fraction of sp³-hybridized carbons (Fsp3) is 1.00. The van der Waals surface area contributed by atoms with Crippen molar-refractivity contribution in [3.63, 3.8) is 0 Å². The van der Waals surface area contributed by atoms with Crippen LogP contribution in [0, 0.1) is 17.8 Å². The molecule has 3 nitrogen and oxygen atoms in total. The molecule has 1 aliphatic carbocycles. The molecular weight excluding hydrogens is 234 g/mol. The molecule has 1 saturated heterocycles. The van der Waals surface area contributed by atoms with E-state index >= 15 is 0 Å². The van der Waals surface area contributed by atoms with Crippen molar-refractivity contribution in [2.75, 3.05) is 32.7 Å². The first kappa shape index (κ1) is 15.3. The third-order valence-corrected chi connectivity index (χ3v) is 5.12. The van der Waals surface area contributed by atoms with Gasteiger partial charge >= 0.3 is 0 Å². The molecule has 3 heteroatoms. The highest BCUT2D eigenvalue weighted by molar-refractivity contribution is 4.86. The number of likely N-dealkylation sites (tertiary alicyclic amines) is 1. The van der Waals surface area contributed by atoms with Crippen LogP contribution in [0.1, 0.15) is 46.0 Å². The SMILES string of the molecule is CC(C)C1CC(NCC2CCCC2)CN(CCN)C1. The second-order valence-electron chi connectivity index (χ2n) is 7.04. The molecule has 1 saturated carbocycles. The molecule has 0 aromatic heterocycles. The Kier molecular flexibility index (Phi) is 6.11. The maximum absolute atomic E-state index is 5.74. The normalized spacial score (nSPS) is 30.3. The van der Waals surface area contributed by atoms with E-state index in [0.29, 0.717) is 6.04 Å². The molecule has 0 radical (unpaired) electrons. The van der Waals surface area contributed by atoms with Crippen LogP contribution < -0.4 is 11.1 Å². The van der Waals surface area contributed by atoms with E-state index in [2.05, 4.69) is 24.1 Å². The van der Waals surface area contributed by atoms with Gasteiger partial charge in [-0.2, -0.15) is 0 Å². The Hall–Kier alpha value is -0.120. The first-order valence-electron chi connectivity index (χ1n) is 8.34. The molecule has 0 aromatic rings. The summed E-state index contributed by atoms with van der Waals surface area (Å²) in [5.74, 6) is 2.57. The Labute approximate surface area is 119 Å². The molecule has 112 valence electrons. The zero-order chi connectivity index (χ0) is 13.7. The van der Waals surface area contributed by atoms with Crippen LogP contribution in [0.15, 0.2) is 0 Å². The van der Waals surface area contributed by atoms with Gasteiger partial charge in [-0.15, -0.1) is 0 Å². The molecule has 0 amide bonds. The van der Waals surface area contributed by atoms with Gasteiger partial charge in [0.2, 0.25) is 0 Å². The van der Waals surface area contributed by atoms with E-state index in [9.17, 15) is 0 Å². The summed E-state index contributed by atoms with van der Waals surface area (Å²) in [5, 5.41) is 3.85. The van der Waals surface area contributed by atoms with Gasteiger partial charge in [0.05, 0.1) is 0 Å². The maximum atomic E-state index is 5.74. The lowest BCUT2D eigenvalue weighted by atomic mass is 9.85. The molecule has 1 heterocycles. The number of nitrogens with one attached hydrogen (secondary N) is 1. The van der Waals surface area contributed by atoms with Crippen molar-refractivity contribution in [2.45, 2.75) is 52.0 Å². The van der Waals surface area contributed by atoms with Crippen molar-refractivity contribution < 1.29 is 0 Å². The van der Waals surface area contributed by atoms with Crippen LogP contribution in [0.2, 0.25) is 0 Å². The summed E-state index contributed by atoms with van der Waals surface area (Å²) in [5.41, 5.74) is 5.74. The van der Waals surface area contributed by atoms with E-state index in [0.717, 1.165) is 30.8 Å². The third-order valence-electron chi connectivity index (χ3n) is 5.12. The number of hydrogen-bond acceptors (Lipinski definition) is 3. The zero-order valence-electron chi connectivity index (χ0n) is 12.9. The summed E-state index contributed by atoms with van der Waals surface area (Å²) >= 11 is 0. The van der Waals surface area contributed by atoms with Crippen molar-refractivity contribution in [2.24, 2.45) is 23.5 Å². The van der Waals surface area contributed by atoms with E-state index in [1.165, 1.54) is 51.7 Å². The second-order valence-corrected chi connectivity index (χ2v) is 7.04. The Morgan fingerprint density at radius 3 is 2.58 bits per heavy atom. The molecular formula is C16H33N3. The number of rotatable bonds is 6. The van der Waals surface area contributed by atoms with Gasteiger partial charge in [0, 0.05) is 32.2 Å². The second kappa shape index (κ2) is 7.61. The van der Waals surface area contributed by atoms with Crippen LogP contribution in [0.3, 0.4) is 0 Å². The topological polar surface area (TPSA) is 41.3 Å². The van der Waals surface area contributed by atoms with Crippen LogP contribution in [-0.4, -0.2) is 43.7 Å². The Balaban J connectivity index is 1.79. The minimum atomic E-state index is 0.688. The van der Waals surface area contributed by atoms with E-state index in [4.69, 9.17) is 5.73 Å². The van der Waals surface area contributed by atoms with E-state index in [1.54, 1.807) is 0 Å². The molecule has 2 fully saturated rings. The Bertz CT molecular complexity index is 248. The zero-order valence-corrected chi connectivity index (χ0v) is 12.9. The quantitative estimate of drug-likeness (QED) is 0.774. The molecule has 2 unspecified atom stereocenters. The third kappa shape index (κ3) is 4.73. The van der Waals surface area contributed by atoms with Crippen LogP contribution in [0.5, 0.6) is 0 Å². The average Bonchev–Trinajstić information content (AvgIpc) is 2.89. The predicted molar refractivity (Wildman–Crippen MR) is 82.2 cm³/mol. The minimum absolute atomic E-state index is 0.688. The summed E-state index contributed by atoms with van der Waals surface area (Å²) < 4.78 is 0. The lowest BCUT2D eigenvalue weighted by Gasteiger charge is -2.40. The fourth-order valence-corrected chi connectivity index (χ4v) is 3.78. The maximum Gasteiger partial charge on any atom is 0.0198 e. The fourth-order valence-electron chi connectivity index (χ4n) is 3.78. The minimum Gasteiger partial charge on any atom is -0.329 e. The van der Waals surface area contributed by atoms with Crippen molar-refractivity contribution in [1.29, 1.82) is 0 Å². The summed E-state index contributed by atoms with van der Waals surface area (Å²) in [7, 11) is 0. The Morgan fingerprint density at radius 2 is 1.95 bits per heavy atom. The first-order chi connectivity index (χ1) is 9.19. The summed E-state index contributed by atoms with van der Waals surface area (Å²) in [6.07, 6.45) is 7.14. The standard InChI is InChI=1S/C16H33N3/c1-13(2)15-9-16(12-19(11-15)8-7-17)18-10-14-5-3-4-6-14/h13-16,18H,3-12,17H2,1-2H3. The van der Waals surface area contributed by atoms with E-state index < -0.39 is 0 Å². The lowest BCUT2D eigenvalue weighted by Crippen LogP contribution is -2.52. The number of piperidine rings is 1. The van der Waals surface area contributed by atoms with Gasteiger partial charge in [-0.3, -0.25) is 0 Å². The van der Waals surface area contributed by atoms with Gasteiger partial charge in [0.25, 0.3) is 0 Å². The highest BCUT2D eigenvalue weighted by atomic mass is 15.2. The van der Waals surface area contributed by atoms with Crippen LogP contribution in [-0.2, 0) is 0 Å².